The number of likely N-dealkylation sites (tertiary alicyclic amines) is 1. The predicted molar refractivity (Wildman–Crippen MR) is 80.1 cm³/mol. The van der Waals surface area contributed by atoms with Gasteiger partial charge in [0, 0.05) is 13.6 Å². The number of imidazole rings is 1. The van der Waals surface area contributed by atoms with Crippen LogP contribution in [-0.2, 0) is 7.05 Å². The summed E-state index contributed by atoms with van der Waals surface area (Å²) in [7, 11) is 2.00. The summed E-state index contributed by atoms with van der Waals surface area (Å²) in [5.74, 6) is 1.09. The van der Waals surface area contributed by atoms with Gasteiger partial charge in [0.1, 0.15) is 12.2 Å². The van der Waals surface area contributed by atoms with E-state index in [0.29, 0.717) is 6.54 Å². The lowest BCUT2D eigenvalue weighted by Gasteiger charge is -2.23. The highest BCUT2D eigenvalue weighted by molar-refractivity contribution is 5.90. The minimum Gasteiger partial charge on any atom is -0.329 e. The van der Waals surface area contributed by atoms with Gasteiger partial charge < -0.3 is 9.47 Å². The third kappa shape index (κ3) is 1.89. The first-order valence-electron chi connectivity index (χ1n) is 7.33. The third-order valence-electron chi connectivity index (χ3n) is 4.25. The van der Waals surface area contributed by atoms with Crippen molar-refractivity contribution in [1.29, 1.82) is 0 Å². The Morgan fingerprint density at radius 3 is 3.00 bits per heavy atom. The van der Waals surface area contributed by atoms with E-state index < -0.39 is 0 Å². The third-order valence-corrected chi connectivity index (χ3v) is 4.25. The summed E-state index contributed by atoms with van der Waals surface area (Å²) in [6.07, 6.45) is 3.23. The smallest absolute Gasteiger partial charge is 0.291 e. The highest BCUT2D eigenvalue weighted by Crippen LogP contribution is 2.33. The van der Waals surface area contributed by atoms with Crippen LogP contribution in [0.25, 0.3) is 11.0 Å². The lowest BCUT2D eigenvalue weighted by Crippen LogP contribution is -2.32. The minimum absolute atomic E-state index is 0.0185. The Bertz CT molecular complexity index is 822. The van der Waals surface area contributed by atoms with E-state index in [4.69, 9.17) is 4.98 Å². The molecule has 1 aliphatic rings. The highest BCUT2D eigenvalue weighted by atomic mass is 16.2. The monoisotopic (exact) mass is 296 g/mol. The molecule has 22 heavy (non-hydrogen) atoms. The lowest BCUT2D eigenvalue weighted by molar-refractivity contribution is 0.0716. The van der Waals surface area contributed by atoms with E-state index in [0.717, 1.165) is 29.7 Å². The standard InChI is InChI=1S/C15H16N6O/c1-20-11-6-3-2-5-10(11)18-14(20)12-7-4-8-21(12)15(22)13-16-9-17-19-13/h2-3,5-6,9,12H,4,7-8H2,1H3,(H,16,17,19). The van der Waals surface area contributed by atoms with Gasteiger partial charge >= 0.3 is 0 Å². The van der Waals surface area contributed by atoms with E-state index in [9.17, 15) is 4.79 Å². The van der Waals surface area contributed by atoms with E-state index in [1.165, 1.54) is 6.33 Å². The molecule has 7 nitrogen and oxygen atoms in total. The molecule has 1 aromatic carbocycles. The Hall–Kier alpha value is -2.70. The average Bonchev–Trinajstić information content (AvgIpc) is 3.27. The van der Waals surface area contributed by atoms with Gasteiger partial charge in [0.2, 0.25) is 5.82 Å². The Balaban J connectivity index is 1.73. The molecule has 1 amide bonds. The molecule has 1 fully saturated rings. The number of hydrogen-bond donors (Lipinski definition) is 1. The van der Waals surface area contributed by atoms with E-state index in [-0.39, 0.29) is 17.8 Å². The van der Waals surface area contributed by atoms with Crippen molar-refractivity contribution >= 4 is 16.9 Å². The molecular weight excluding hydrogens is 280 g/mol. The van der Waals surface area contributed by atoms with E-state index in [1.807, 2.05) is 36.2 Å². The molecule has 0 saturated carbocycles. The topological polar surface area (TPSA) is 79.7 Å². The number of amides is 1. The summed E-state index contributed by atoms with van der Waals surface area (Å²) in [6.45, 7) is 0.716. The summed E-state index contributed by atoms with van der Waals surface area (Å²) in [5, 5.41) is 6.41. The number of carbonyl (C=O) groups excluding carboxylic acids is 1. The molecule has 1 aliphatic heterocycles. The Kier molecular flexibility index (Phi) is 2.92. The van der Waals surface area contributed by atoms with Gasteiger partial charge in [-0.2, -0.15) is 5.10 Å². The van der Waals surface area contributed by atoms with Gasteiger partial charge in [-0.25, -0.2) is 9.97 Å². The summed E-state index contributed by atoms with van der Waals surface area (Å²) >= 11 is 0. The first-order valence-corrected chi connectivity index (χ1v) is 7.33. The number of aromatic nitrogens is 5. The number of para-hydroxylation sites is 2. The van der Waals surface area contributed by atoms with Gasteiger partial charge in [0.05, 0.1) is 17.1 Å². The van der Waals surface area contributed by atoms with Crippen molar-refractivity contribution in [3.05, 3.63) is 42.2 Å². The van der Waals surface area contributed by atoms with Crippen LogP contribution in [0.15, 0.2) is 30.6 Å². The normalized spacial score (nSPS) is 18.2. The molecule has 1 atom stereocenters. The molecule has 7 heteroatoms. The highest BCUT2D eigenvalue weighted by Gasteiger charge is 2.34. The Labute approximate surface area is 127 Å². The molecule has 0 aliphatic carbocycles. The van der Waals surface area contributed by atoms with Crippen molar-refractivity contribution in [3.8, 4) is 0 Å². The zero-order chi connectivity index (χ0) is 15.1. The second-order valence-corrected chi connectivity index (χ2v) is 5.51. The van der Waals surface area contributed by atoms with Crippen molar-refractivity contribution in [3.63, 3.8) is 0 Å². The lowest BCUT2D eigenvalue weighted by atomic mass is 10.2. The molecule has 3 aromatic rings. The number of carbonyl (C=O) groups is 1. The van der Waals surface area contributed by atoms with Crippen LogP contribution in [0.1, 0.15) is 35.3 Å². The number of aromatic amines is 1. The van der Waals surface area contributed by atoms with Crippen molar-refractivity contribution in [2.24, 2.45) is 7.05 Å². The van der Waals surface area contributed by atoms with Crippen LogP contribution in [0.3, 0.4) is 0 Å². The number of benzene rings is 1. The fourth-order valence-electron chi connectivity index (χ4n) is 3.18. The van der Waals surface area contributed by atoms with E-state index in [1.54, 1.807) is 0 Å². The Morgan fingerprint density at radius 1 is 1.36 bits per heavy atom. The fraction of sp³-hybridized carbons (Fsp3) is 0.333. The quantitative estimate of drug-likeness (QED) is 0.780. The SMILES string of the molecule is Cn1c(C2CCCN2C(=O)c2ncn[nH]2)nc2ccccc21. The molecule has 4 rings (SSSR count). The summed E-state index contributed by atoms with van der Waals surface area (Å²) < 4.78 is 2.08. The van der Waals surface area contributed by atoms with Crippen LogP contribution in [0.4, 0.5) is 0 Å². The van der Waals surface area contributed by atoms with Gasteiger partial charge in [0.25, 0.3) is 5.91 Å². The number of hydrogen-bond acceptors (Lipinski definition) is 4. The van der Waals surface area contributed by atoms with Crippen molar-refractivity contribution < 1.29 is 4.79 Å². The number of H-pyrrole nitrogens is 1. The molecule has 1 N–H and O–H groups in total. The number of nitrogens with zero attached hydrogens (tertiary/aromatic N) is 5. The molecule has 0 radical (unpaired) electrons. The second kappa shape index (κ2) is 4.94. The van der Waals surface area contributed by atoms with Crippen LogP contribution in [0.2, 0.25) is 0 Å². The molecule has 0 spiro atoms. The number of nitrogens with one attached hydrogen (secondary N) is 1. The minimum atomic E-state index is -0.118. The van der Waals surface area contributed by atoms with Crippen molar-refractivity contribution in [2.75, 3.05) is 6.54 Å². The van der Waals surface area contributed by atoms with Crippen LogP contribution in [-0.4, -0.2) is 42.1 Å². The van der Waals surface area contributed by atoms with E-state index in [2.05, 4.69) is 19.7 Å². The predicted octanol–water partition coefficient (Wildman–Crippen LogP) is 1.67. The first kappa shape index (κ1) is 13.0. The number of rotatable bonds is 2. The van der Waals surface area contributed by atoms with Crippen LogP contribution >= 0.6 is 0 Å². The van der Waals surface area contributed by atoms with Gasteiger partial charge in [-0.3, -0.25) is 9.89 Å². The van der Waals surface area contributed by atoms with Gasteiger partial charge in [-0.1, -0.05) is 12.1 Å². The zero-order valence-corrected chi connectivity index (χ0v) is 12.2. The maximum atomic E-state index is 12.6. The van der Waals surface area contributed by atoms with Crippen molar-refractivity contribution in [1.82, 2.24) is 29.6 Å². The molecule has 1 saturated heterocycles. The van der Waals surface area contributed by atoms with Crippen LogP contribution < -0.4 is 0 Å². The number of fused-ring (bicyclic) bond motifs is 1. The maximum Gasteiger partial charge on any atom is 0.291 e. The van der Waals surface area contributed by atoms with Gasteiger partial charge in [0.15, 0.2) is 0 Å². The van der Waals surface area contributed by atoms with Crippen LogP contribution in [0, 0.1) is 0 Å². The second-order valence-electron chi connectivity index (χ2n) is 5.51. The largest absolute Gasteiger partial charge is 0.329 e. The maximum absolute atomic E-state index is 12.6. The van der Waals surface area contributed by atoms with E-state index >= 15 is 0 Å². The summed E-state index contributed by atoms with van der Waals surface area (Å²) in [4.78, 5) is 23.1. The molecule has 3 heterocycles. The van der Waals surface area contributed by atoms with Crippen molar-refractivity contribution in [2.45, 2.75) is 18.9 Å². The zero-order valence-electron chi connectivity index (χ0n) is 12.2. The molecule has 1 unspecified atom stereocenters. The Morgan fingerprint density at radius 2 is 2.23 bits per heavy atom. The average molecular weight is 296 g/mol. The molecular formula is C15H16N6O. The summed E-state index contributed by atoms with van der Waals surface area (Å²) in [6, 6.07) is 8.00. The molecule has 0 bridgehead atoms. The van der Waals surface area contributed by atoms with Crippen LogP contribution in [0.5, 0.6) is 0 Å². The molecule has 2 aromatic heterocycles. The number of aryl methyl sites for hydroxylation is 1. The summed E-state index contributed by atoms with van der Waals surface area (Å²) in [5.41, 5.74) is 2.04. The first-order chi connectivity index (χ1) is 10.8. The fourth-order valence-corrected chi connectivity index (χ4v) is 3.18. The molecule has 112 valence electrons. The van der Waals surface area contributed by atoms with Gasteiger partial charge in [-0.05, 0) is 25.0 Å². The van der Waals surface area contributed by atoms with Gasteiger partial charge in [-0.15, -0.1) is 0 Å².